The molecule has 22 heavy (non-hydrogen) atoms. The van der Waals surface area contributed by atoms with Gasteiger partial charge in [-0.25, -0.2) is 4.39 Å². The number of piperidine rings is 1. The second kappa shape index (κ2) is 6.63. The van der Waals surface area contributed by atoms with E-state index in [9.17, 15) is 22.7 Å². The summed E-state index contributed by atoms with van der Waals surface area (Å²) in [6, 6.07) is 6.02. The van der Waals surface area contributed by atoms with Crippen molar-refractivity contribution >= 4 is 0 Å². The van der Waals surface area contributed by atoms with Gasteiger partial charge in [-0.3, -0.25) is 4.90 Å². The van der Waals surface area contributed by atoms with Crippen LogP contribution in [-0.2, 0) is 6.54 Å². The van der Waals surface area contributed by atoms with Crippen molar-refractivity contribution < 1.29 is 22.7 Å². The third-order valence-corrected chi connectivity index (χ3v) is 3.99. The SMILES string of the molecule is N#Cc1ccc(CN2CCC(C(O)C(F)(F)F)CC2)c(F)c1. The third kappa shape index (κ3) is 3.96. The van der Waals surface area contributed by atoms with Crippen LogP contribution in [0.2, 0.25) is 0 Å². The van der Waals surface area contributed by atoms with E-state index >= 15 is 0 Å². The quantitative estimate of drug-likeness (QED) is 0.872. The van der Waals surface area contributed by atoms with E-state index in [1.165, 1.54) is 12.1 Å². The molecular weight excluding hydrogens is 300 g/mol. The zero-order valence-electron chi connectivity index (χ0n) is 11.8. The molecule has 120 valence electrons. The summed E-state index contributed by atoms with van der Waals surface area (Å²) in [6.45, 7) is 1.03. The van der Waals surface area contributed by atoms with Gasteiger partial charge in [-0.1, -0.05) is 6.07 Å². The van der Waals surface area contributed by atoms with E-state index in [1.54, 1.807) is 0 Å². The number of aliphatic hydroxyl groups is 1. The summed E-state index contributed by atoms with van der Waals surface area (Å²) in [7, 11) is 0. The van der Waals surface area contributed by atoms with E-state index in [0.29, 0.717) is 18.7 Å². The average Bonchev–Trinajstić information content (AvgIpc) is 2.48. The van der Waals surface area contributed by atoms with Crippen molar-refractivity contribution in [3.8, 4) is 6.07 Å². The highest BCUT2D eigenvalue weighted by Gasteiger charge is 2.44. The van der Waals surface area contributed by atoms with Gasteiger partial charge in [0.05, 0.1) is 11.6 Å². The lowest BCUT2D eigenvalue weighted by Gasteiger charge is -2.34. The zero-order valence-corrected chi connectivity index (χ0v) is 11.8. The Hall–Kier alpha value is -1.65. The van der Waals surface area contributed by atoms with Crippen LogP contribution in [-0.4, -0.2) is 35.4 Å². The monoisotopic (exact) mass is 316 g/mol. The number of halogens is 4. The molecule has 1 fully saturated rings. The standard InChI is InChI=1S/C15H16F4N2O/c16-13-7-10(8-20)1-2-12(13)9-21-5-3-11(4-6-21)14(22)15(17,18)19/h1-2,7,11,14,22H,3-6,9H2. The van der Waals surface area contributed by atoms with Gasteiger partial charge in [0.15, 0.2) is 6.10 Å². The first-order valence-electron chi connectivity index (χ1n) is 6.97. The molecule has 0 bridgehead atoms. The summed E-state index contributed by atoms with van der Waals surface area (Å²) in [5.74, 6) is -1.29. The van der Waals surface area contributed by atoms with E-state index < -0.39 is 24.0 Å². The van der Waals surface area contributed by atoms with Crippen LogP contribution in [0.25, 0.3) is 0 Å². The van der Waals surface area contributed by atoms with Crippen molar-refractivity contribution in [1.82, 2.24) is 4.90 Å². The first kappa shape index (κ1) is 16.7. The second-order valence-corrected chi connectivity index (χ2v) is 5.52. The van der Waals surface area contributed by atoms with Crippen LogP contribution in [0.4, 0.5) is 17.6 Å². The molecule has 0 saturated carbocycles. The van der Waals surface area contributed by atoms with Crippen molar-refractivity contribution in [2.24, 2.45) is 5.92 Å². The smallest absolute Gasteiger partial charge is 0.383 e. The van der Waals surface area contributed by atoms with E-state index in [2.05, 4.69) is 0 Å². The number of rotatable bonds is 3. The van der Waals surface area contributed by atoms with E-state index in [1.807, 2.05) is 11.0 Å². The van der Waals surface area contributed by atoms with Crippen molar-refractivity contribution in [1.29, 1.82) is 5.26 Å². The molecule has 0 aromatic heterocycles. The third-order valence-electron chi connectivity index (χ3n) is 3.99. The first-order chi connectivity index (χ1) is 10.3. The summed E-state index contributed by atoms with van der Waals surface area (Å²) < 4.78 is 51.2. The Bertz CT molecular complexity index is 560. The minimum Gasteiger partial charge on any atom is -0.383 e. The molecule has 0 radical (unpaired) electrons. The van der Waals surface area contributed by atoms with Gasteiger partial charge in [0.2, 0.25) is 0 Å². The molecule has 0 aliphatic carbocycles. The van der Waals surface area contributed by atoms with Crippen LogP contribution in [0.3, 0.4) is 0 Å². The van der Waals surface area contributed by atoms with Gasteiger partial charge in [0.1, 0.15) is 5.82 Å². The number of likely N-dealkylation sites (tertiary alicyclic amines) is 1. The molecular formula is C15H16F4N2O. The molecule has 1 aliphatic heterocycles. The number of hydrogen-bond donors (Lipinski definition) is 1. The Morgan fingerprint density at radius 3 is 2.45 bits per heavy atom. The maximum Gasteiger partial charge on any atom is 0.414 e. The largest absolute Gasteiger partial charge is 0.414 e. The fourth-order valence-electron chi connectivity index (χ4n) is 2.68. The summed E-state index contributed by atoms with van der Waals surface area (Å²) in [6.07, 6.45) is -6.44. The molecule has 1 aromatic carbocycles. The Labute approximate surface area is 125 Å². The minimum atomic E-state index is -4.59. The average molecular weight is 316 g/mol. The van der Waals surface area contributed by atoms with Crippen LogP contribution in [0, 0.1) is 23.1 Å². The molecule has 7 heteroatoms. The first-order valence-corrected chi connectivity index (χ1v) is 6.97. The lowest BCUT2D eigenvalue weighted by atomic mass is 9.90. The molecule has 1 unspecified atom stereocenters. The zero-order chi connectivity index (χ0) is 16.3. The predicted molar refractivity (Wildman–Crippen MR) is 71.2 cm³/mol. The Morgan fingerprint density at radius 2 is 1.95 bits per heavy atom. The van der Waals surface area contributed by atoms with Gasteiger partial charge in [0, 0.05) is 12.1 Å². The number of aliphatic hydroxyl groups excluding tert-OH is 1. The van der Waals surface area contributed by atoms with Crippen LogP contribution in [0.15, 0.2) is 18.2 Å². The summed E-state index contributed by atoms with van der Waals surface area (Å²) in [5, 5.41) is 17.9. The van der Waals surface area contributed by atoms with Crippen LogP contribution < -0.4 is 0 Å². The molecule has 0 amide bonds. The maximum atomic E-state index is 13.8. The number of nitrogens with zero attached hydrogens (tertiary/aromatic N) is 2. The normalized spacial score (nSPS) is 18.9. The van der Waals surface area contributed by atoms with Crippen LogP contribution in [0.1, 0.15) is 24.0 Å². The maximum absolute atomic E-state index is 13.8. The highest BCUT2D eigenvalue weighted by Crippen LogP contribution is 2.32. The summed E-state index contributed by atoms with van der Waals surface area (Å²) in [4.78, 5) is 1.85. The molecule has 1 heterocycles. The number of alkyl halides is 3. The van der Waals surface area contributed by atoms with Crippen molar-refractivity contribution in [3.63, 3.8) is 0 Å². The highest BCUT2D eigenvalue weighted by atomic mass is 19.4. The topological polar surface area (TPSA) is 47.3 Å². The minimum absolute atomic E-state index is 0.221. The second-order valence-electron chi connectivity index (χ2n) is 5.52. The lowest BCUT2D eigenvalue weighted by Crippen LogP contribution is -2.43. The lowest BCUT2D eigenvalue weighted by molar-refractivity contribution is -0.223. The number of nitriles is 1. The van der Waals surface area contributed by atoms with Gasteiger partial charge in [-0.2, -0.15) is 18.4 Å². The van der Waals surface area contributed by atoms with Gasteiger partial charge in [-0.05, 0) is 44.0 Å². The number of hydrogen-bond acceptors (Lipinski definition) is 3. The Morgan fingerprint density at radius 1 is 1.32 bits per heavy atom. The molecule has 2 rings (SSSR count). The molecule has 1 saturated heterocycles. The summed E-state index contributed by atoms with van der Waals surface area (Å²) in [5.41, 5.74) is 0.641. The molecule has 1 N–H and O–H groups in total. The molecule has 3 nitrogen and oxygen atoms in total. The van der Waals surface area contributed by atoms with Crippen molar-refractivity contribution in [2.75, 3.05) is 13.1 Å². The van der Waals surface area contributed by atoms with Gasteiger partial charge < -0.3 is 5.11 Å². The molecule has 1 aromatic rings. The van der Waals surface area contributed by atoms with Crippen molar-refractivity contribution in [3.05, 3.63) is 35.1 Å². The Balaban J connectivity index is 1.92. The fraction of sp³-hybridized carbons (Fsp3) is 0.533. The van der Waals surface area contributed by atoms with Crippen molar-refractivity contribution in [2.45, 2.75) is 31.7 Å². The predicted octanol–water partition coefficient (Wildman–Crippen LogP) is 2.83. The summed E-state index contributed by atoms with van der Waals surface area (Å²) >= 11 is 0. The van der Waals surface area contributed by atoms with E-state index in [-0.39, 0.29) is 24.9 Å². The van der Waals surface area contributed by atoms with Gasteiger partial charge in [-0.15, -0.1) is 0 Å². The van der Waals surface area contributed by atoms with Crippen LogP contribution in [0.5, 0.6) is 0 Å². The molecule has 1 aliphatic rings. The molecule has 0 spiro atoms. The van der Waals surface area contributed by atoms with Gasteiger partial charge in [0.25, 0.3) is 0 Å². The highest BCUT2D eigenvalue weighted by molar-refractivity contribution is 5.32. The Kier molecular flexibility index (Phi) is 5.04. The number of benzene rings is 1. The fourth-order valence-corrected chi connectivity index (χ4v) is 2.68. The van der Waals surface area contributed by atoms with E-state index in [4.69, 9.17) is 5.26 Å². The van der Waals surface area contributed by atoms with E-state index in [0.717, 1.165) is 6.07 Å². The van der Waals surface area contributed by atoms with Crippen LogP contribution >= 0.6 is 0 Å². The van der Waals surface area contributed by atoms with Gasteiger partial charge >= 0.3 is 6.18 Å². The molecule has 1 atom stereocenters.